The summed E-state index contributed by atoms with van der Waals surface area (Å²) in [4.78, 5) is 13.7. The molecule has 7 heteroatoms. The third-order valence-corrected chi connectivity index (χ3v) is 4.84. The van der Waals surface area contributed by atoms with Gasteiger partial charge in [-0.15, -0.1) is 0 Å². The maximum atomic E-state index is 5.46. The number of rotatable bonds is 5. The molecule has 0 saturated carbocycles. The summed E-state index contributed by atoms with van der Waals surface area (Å²) in [6, 6.07) is 11.6. The Hall–Kier alpha value is -2.67. The molecule has 0 amide bonds. The molecule has 0 radical (unpaired) electrons. The van der Waals surface area contributed by atoms with Gasteiger partial charge in [0.25, 0.3) is 0 Å². The molecule has 0 aliphatic heterocycles. The van der Waals surface area contributed by atoms with E-state index in [4.69, 9.17) is 13.9 Å². The van der Waals surface area contributed by atoms with Gasteiger partial charge in [0.15, 0.2) is 17.4 Å². The van der Waals surface area contributed by atoms with Crippen molar-refractivity contribution in [2.24, 2.45) is 0 Å². The van der Waals surface area contributed by atoms with Gasteiger partial charge in [0.1, 0.15) is 5.03 Å². The Morgan fingerprint density at radius 1 is 1.08 bits per heavy atom. The van der Waals surface area contributed by atoms with E-state index in [1.165, 1.54) is 0 Å². The molecule has 126 valence electrons. The molecule has 3 heterocycles. The van der Waals surface area contributed by atoms with Gasteiger partial charge in [-0.2, -0.15) is 4.98 Å². The van der Waals surface area contributed by atoms with Crippen LogP contribution in [-0.2, 0) is 6.42 Å². The van der Waals surface area contributed by atoms with E-state index in [1.54, 1.807) is 18.0 Å². The molecule has 6 nitrogen and oxygen atoms in total. The van der Waals surface area contributed by atoms with E-state index in [-0.39, 0.29) is 5.25 Å². The number of fused-ring (bicyclic) bond motifs is 1. The third-order valence-electron chi connectivity index (χ3n) is 3.75. The van der Waals surface area contributed by atoms with Crippen molar-refractivity contribution in [3.8, 4) is 11.6 Å². The van der Waals surface area contributed by atoms with Crippen molar-refractivity contribution in [3.63, 3.8) is 0 Å². The molecule has 3 aromatic heterocycles. The van der Waals surface area contributed by atoms with Crippen molar-refractivity contribution in [2.75, 3.05) is 0 Å². The molecule has 0 spiro atoms. The molecule has 0 bridgehead atoms. The average Bonchev–Trinajstić information content (AvgIpc) is 3.33. The molecule has 0 N–H and O–H groups in total. The highest BCUT2D eigenvalue weighted by molar-refractivity contribution is 7.99. The van der Waals surface area contributed by atoms with Gasteiger partial charge in [0, 0.05) is 11.8 Å². The van der Waals surface area contributed by atoms with E-state index in [0.717, 1.165) is 22.3 Å². The summed E-state index contributed by atoms with van der Waals surface area (Å²) in [7, 11) is 0. The monoisotopic (exact) mass is 352 g/mol. The van der Waals surface area contributed by atoms with Gasteiger partial charge in [-0.25, -0.2) is 9.97 Å². The van der Waals surface area contributed by atoms with Gasteiger partial charge >= 0.3 is 0 Å². The largest absolute Gasteiger partial charge is 0.461 e. The summed E-state index contributed by atoms with van der Waals surface area (Å²) in [5.74, 6) is 2.53. The zero-order valence-electron chi connectivity index (χ0n) is 13.8. The number of para-hydroxylation sites is 1. The van der Waals surface area contributed by atoms with E-state index < -0.39 is 0 Å². The smallest absolute Gasteiger partial charge is 0.239 e. The lowest BCUT2D eigenvalue weighted by Gasteiger charge is -2.10. The Kier molecular flexibility index (Phi) is 4.23. The normalized spacial score (nSPS) is 12.6. The predicted octanol–water partition coefficient (Wildman–Crippen LogP) is 4.69. The lowest BCUT2D eigenvalue weighted by molar-refractivity contribution is 0.375. The Bertz CT molecular complexity index is 997. The second-order valence-corrected chi connectivity index (χ2v) is 6.84. The number of thioether (sulfide) groups is 1. The molecule has 4 rings (SSSR count). The minimum Gasteiger partial charge on any atom is -0.461 e. The highest BCUT2D eigenvalue weighted by Crippen LogP contribution is 2.37. The van der Waals surface area contributed by atoms with E-state index in [9.17, 15) is 0 Å². The average molecular weight is 352 g/mol. The van der Waals surface area contributed by atoms with Gasteiger partial charge in [0.05, 0.1) is 17.0 Å². The third kappa shape index (κ3) is 3.15. The predicted molar refractivity (Wildman–Crippen MR) is 95.2 cm³/mol. The van der Waals surface area contributed by atoms with Gasteiger partial charge in [-0.05, 0) is 25.1 Å². The number of hydrogen-bond acceptors (Lipinski definition) is 7. The fourth-order valence-corrected chi connectivity index (χ4v) is 3.42. The molecule has 0 aliphatic carbocycles. The fourth-order valence-electron chi connectivity index (χ4n) is 2.45. The topological polar surface area (TPSA) is 77.8 Å². The van der Waals surface area contributed by atoms with Gasteiger partial charge in [-0.3, -0.25) is 0 Å². The second-order valence-electron chi connectivity index (χ2n) is 5.51. The van der Waals surface area contributed by atoms with Crippen LogP contribution < -0.4 is 0 Å². The molecule has 1 unspecified atom stereocenters. The highest BCUT2D eigenvalue weighted by Gasteiger charge is 2.19. The van der Waals surface area contributed by atoms with Crippen LogP contribution >= 0.6 is 11.8 Å². The van der Waals surface area contributed by atoms with Gasteiger partial charge < -0.3 is 8.94 Å². The van der Waals surface area contributed by atoms with Crippen LogP contribution in [-0.4, -0.2) is 20.1 Å². The summed E-state index contributed by atoms with van der Waals surface area (Å²) in [6.07, 6.45) is 2.37. The molecule has 1 aromatic carbocycles. The van der Waals surface area contributed by atoms with Crippen LogP contribution in [0, 0.1) is 0 Å². The fraction of sp³-hybridized carbons (Fsp3) is 0.222. The molecule has 4 aromatic rings. The first-order chi connectivity index (χ1) is 12.2. The molecular formula is C18H16N4O2S. The molecule has 1 atom stereocenters. The minimum atomic E-state index is -0.0180. The Morgan fingerprint density at radius 3 is 2.72 bits per heavy atom. The first-order valence-corrected chi connectivity index (χ1v) is 8.92. The molecule has 25 heavy (non-hydrogen) atoms. The van der Waals surface area contributed by atoms with Crippen LogP contribution in [0.1, 0.15) is 30.8 Å². The van der Waals surface area contributed by atoms with Gasteiger partial charge in [0.2, 0.25) is 5.89 Å². The standard InChI is InChI=1S/C18H16N4O2S/c1-3-15-20-17(24-22-15)11(2)25-18-12-7-4-5-8-13(12)19-16(21-18)14-9-6-10-23-14/h4-11H,3H2,1-2H3. The SMILES string of the molecule is CCc1noc(C(C)Sc2nc(-c3ccco3)nc3ccccc23)n1. The van der Waals surface area contributed by atoms with Crippen LogP contribution in [0.15, 0.2) is 56.6 Å². The van der Waals surface area contributed by atoms with E-state index in [0.29, 0.717) is 23.3 Å². The van der Waals surface area contributed by atoms with Crippen LogP contribution in [0.4, 0.5) is 0 Å². The summed E-state index contributed by atoms with van der Waals surface area (Å²) in [5.41, 5.74) is 0.873. The number of nitrogens with zero attached hydrogens (tertiary/aromatic N) is 4. The van der Waals surface area contributed by atoms with E-state index in [1.807, 2.05) is 50.2 Å². The summed E-state index contributed by atoms with van der Waals surface area (Å²) >= 11 is 1.57. The second kappa shape index (κ2) is 6.68. The number of benzene rings is 1. The van der Waals surface area contributed by atoms with Crippen LogP contribution in [0.25, 0.3) is 22.5 Å². The molecule has 0 aliphatic rings. The quantitative estimate of drug-likeness (QED) is 0.381. The van der Waals surface area contributed by atoms with Crippen LogP contribution in [0.3, 0.4) is 0 Å². The van der Waals surface area contributed by atoms with Crippen molar-refractivity contribution >= 4 is 22.7 Å². The van der Waals surface area contributed by atoms with E-state index in [2.05, 4.69) is 15.1 Å². The number of hydrogen-bond donors (Lipinski definition) is 0. The Morgan fingerprint density at radius 2 is 1.96 bits per heavy atom. The Labute approximate surface area is 148 Å². The summed E-state index contributed by atoms with van der Waals surface area (Å²) in [5, 5.41) is 5.81. The number of aromatic nitrogens is 4. The maximum absolute atomic E-state index is 5.46. The first kappa shape index (κ1) is 15.8. The van der Waals surface area contributed by atoms with Crippen molar-refractivity contribution in [1.82, 2.24) is 20.1 Å². The van der Waals surface area contributed by atoms with Crippen molar-refractivity contribution in [2.45, 2.75) is 30.5 Å². The summed E-state index contributed by atoms with van der Waals surface area (Å²) in [6.45, 7) is 4.03. The van der Waals surface area contributed by atoms with Gasteiger partial charge in [-0.1, -0.05) is 42.0 Å². The molecule has 0 fully saturated rings. The van der Waals surface area contributed by atoms with Crippen molar-refractivity contribution < 1.29 is 8.94 Å². The van der Waals surface area contributed by atoms with E-state index >= 15 is 0 Å². The van der Waals surface area contributed by atoms with Crippen LogP contribution in [0.2, 0.25) is 0 Å². The zero-order chi connectivity index (χ0) is 17.2. The lowest BCUT2D eigenvalue weighted by atomic mass is 10.2. The number of furan rings is 1. The maximum Gasteiger partial charge on any atom is 0.239 e. The molecular weight excluding hydrogens is 336 g/mol. The minimum absolute atomic E-state index is 0.0180. The van der Waals surface area contributed by atoms with Crippen molar-refractivity contribution in [3.05, 3.63) is 54.4 Å². The molecule has 0 saturated heterocycles. The Balaban J connectivity index is 1.74. The number of aryl methyl sites for hydroxylation is 1. The zero-order valence-corrected chi connectivity index (χ0v) is 14.7. The first-order valence-electron chi connectivity index (χ1n) is 8.04. The van der Waals surface area contributed by atoms with Crippen molar-refractivity contribution in [1.29, 1.82) is 0 Å². The summed E-state index contributed by atoms with van der Waals surface area (Å²) < 4.78 is 10.8. The van der Waals surface area contributed by atoms with Crippen LogP contribution in [0.5, 0.6) is 0 Å². The lowest BCUT2D eigenvalue weighted by Crippen LogP contribution is -1.96. The highest BCUT2D eigenvalue weighted by atomic mass is 32.2.